The molecule has 0 radical (unpaired) electrons. The highest BCUT2D eigenvalue weighted by atomic mass is 32.2. The van der Waals surface area contributed by atoms with Crippen molar-refractivity contribution in [1.82, 2.24) is 19.4 Å². The van der Waals surface area contributed by atoms with Gasteiger partial charge in [0.15, 0.2) is 5.16 Å². The van der Waals surface area contributed by atoms with Gasteiger partial charge in [0.1, 0.15) is 0 Å². The average molecular weight is 613 g/mol. The van der Waals surface area contributed by atoms with E-state index >= 15 is 0 Å². The molecule has 0 unspecified atom stereocenters. The second-order valence-corrected chi connectivity index (χ2v) is 12.4. The summed E-state index contributed by atoms with van der Waals surface area (Å²) < 4.78 is 2.29. The number of para-hydroxylation sites is 1. The highest BCUT2D eigenvalue weighted by Crippen LogP contribution is 2.38. The number of nitrogens with zero attached hydrogens (tertiary/aromatic N) is 4. The van der Waals surface area contributed by atoms with Gasteiger partial charge in [-0.3, -0.25) is 14.3 Å². The number of hydrogen-bond acceptors (Lipinski definition) is 4. The molecule has 45 heavy (non-hydrogen) atoms. The number of piperazine rings is 1. The van der Waals surface area contributed by atoms with Gasteiger partial charge < -0.3 is 4.90 Å². The van der Waals surface area contributed by atoms with Gasteiger partial charge in [0, 0.05) is 61.7 Å². The maximum Gasteiger partial charge on any atom is 0.222 e. The summed E-state index contributed by atoms with van der Waals surface area (Å²) in [6, 6.07) is 41.9. The molecule has 0 atom stereocenters. The Morgan fingerprint density at radius 1 is 0.711 bits per heavy atom. The Balaban J connectivity index is 1.05. The number of thioether (sulfide) groups is 1. The molecule has 2 heterocycles. The van der Waals surface area contributed by atoms with Gasteiger partial charge in [-0.25, -0.2) is 4.98 Å². The van der Waals surface area contributed by atoms with Crippen molar-refractivity contribution in [1.29, 1.82) is 0 Å². The number of rotatable bonds is 12. The minimum Gasteiger partial charge on any atom is -0.340 e. The lowest BCUT2D eigenvalue weighted by molar-refractivity contribution is -0.132. The number of benzene rings is 4. The number of carbonyl (C=O) groups excluding carboxylic acids is 1. The minimum absolute atomic E-state index is 0.281. The van der Waals surface area contributed by atoms with Gasteiger partial charge in [0.2, 0.25) is 5.91 Å². The SMILES string of the molecule is O=C(CCCCSc1nc(-c2ccccc2)c(-c2ccccc2)n1-c1ccccc1)N1CCN(CC=Cc2ccccc2)CC1. The van der Waals surface area contributed by atoms with Crippen molar-refractivity contribution in [3.05, 3.63) is 133 Å². The minimum atomic E-state index is 0.281. The van der Waals surface area contributed by atoms with E-state index in [2.05, 4.69) is 125 Å². The van der Waals surface area contributed by atoms with Crippen molar-refractivity contribution < 1.29 is 4.79 Å². The normalized spacial score (nSPS) is 13.8. The summed E-state index contributed by atoms with van der Waals surface area (Å²) in [4.78, 5) is 22.7. The van der Waals surface area contributed by atoms with E-state index in [1.165, 1.54) is 5.56 Å². The van der Waals surface area contributed by atoms with Gasteiger partial charge in [-0.2, -0.15) is 0 Å². The molecule has 1 aliphatic rings. The first-order chi connectivity index (χ1) is 22.3. The van der Waals surface area contributed by atoms with Crippen molar-refractivity contribution in [3.8, 4) is 28.2 Å². The first-order valence-electron chi connectivity index (χ1n) is 15.9. The zero-order valence-corrected chi connectivity index (χ0v) is 26.5. The van der Waals surface area contributed by atoms with E-state index in [1.54, 1.807) is 11.8 Å². The van der Waals surface area contributed by atoms with Crippen LogP contribution in [0.5, 0.6) is 0 Å². The maximum atomic E-state index is 13.0. The molecule has 1 fully saturated rings. The molecule has 0 spiro atoms. The summed E-state index contributed by atoms with van der Waals surface area (Å²) in [6.45, 7) is 4.40. The van der Waals surface area contributed by atoms with Gasteiger partial charge in [-0.05, 0) is 30.5 Å². The molecule has 5 nitrogen and oxygen atoms in total. The van der Waals surface area contributed by atoms with Crippen molar-refractivity contribution >= 4 is 23.7 Å². The van der Waals surface area contributed by atoms with E-state index in [-0.39, 0.29) is 5.91 Å². The summed E-state index contributed by atoms with van der Waals surface area (Å²) in [5.74, 6) is 1.18. The van der Waals surface area contributed by atoms with Crippen LogP contribution in [0.1, 0.15) is 24.8 Å². The lowest BCUT2D eigenvalue weighted by atomic mass is 10.0. The molecule has 1 amide bonds. The van der Waals surface area contributed by atoms with Crippen molar-refractivity contribution in [2.24, 2.45) is 0 Å². The largest absolute Gasteiger partial charge is 0.340 e. The number of carbonyl (C=O) groups is 1. The Hall–Kier alpha value is -4.39. The third-order valence-corrected chi connectivity index (χ3v) is 9.19. The van der Waals surface area contributed by atoms with Crippen LogP contribution in [0.2, 0.25) is 0 Å². The smallest absolute Gasteiger partial charge is 0.222 e. The van der Waals surface area contributed by atoms with E-state index in [1.807, 2.05) is 23.1 Å². The molecule has 0 bridgehead atoms. The third-order valence-electron chi connectivity index (χ3n) is 8.17. The van der Waals surface area contributed by atoms with Gasteiger partial charge in [0.05, 0.1) is 11.4 Å². The molecule has 1 aliphatic heterocycles. The van der Waals surface area contributed by atoms with Crippen LogP contribution in [-0.4, -0.2) is 63.7 Å². The second kappa shape index (κ2) is 15.6. The number of imidazole rings is 1. The zero-order chi connectivity index (χ0) is 30.7. The summed E-state index contributed by atoms with van der Waals surface area (Å²) in [6.07, 6.45) is 6.84. The Morgan fingerprint density at radius 3 is 1.98 bits per heavy atom. The lowest BCUT2D eigenvalue weighted by Gasteiger charge is -2.34. The van der Waals surface area contributed by atoms with Crippen molar-refractivity contribution in [3.63, 3.8) is 0 Å². The average Bonchev–Trinajstić information content (AvgIpc) is 3.49. The van der Waals surface area contributed by atoms with Crippen molar-refractivity contribution in [2.45, 2.75) is 24.4 Å². The molecule has 6 heteroatoms. The van der Waals surface area contributed by atoms with E-state index in [0.717, 1.165) is 84.7 Å². The molecule has 4 aromatic carbocycles. The molecular weight excluding hydrogens is 573 g/mol. The first-order valence-corrected chi connectivity index (χ1v) is 16.9. The topological polar surface area (TPSA) is 41.4 Å². The quantitative estimate of drug-likeness (QED) is 0.105. The Morgan fingerprint density at radius 2 is 1.31 bits per heavy atom. The number of amides is 1. The maximum absolute atomic E-state index is 13.0. The van der Waals surface area contributed by atoms with Gasteiger partial charge >= 0.3 is 0 Å². The van der Waals surface area contributed by atoms with Crippen LogP contribution in [0.3, 0.4) is 0 Å². The lowest BCUT2D eigenvalue weighted by Crippen LogP contribution is -2.48. The predicted molar refractivity (Wildman–Crippen MR) is 188 cm³/mol. The number of hydrogen-bond donors (Lipinski definition) is 0. The fourth-order valence-corrected chi connectivity index (χ4v) is 6.77. The van der Waals surface area contributed by atoms with Gasteiger partial charge in [-0.15, -0.1) is 0 Å². The van der Waals surface area contributed by atoms with Crippen LogP contribution < -0.4 is 0 Å². The predicted octanol–water partition coefficient (Wildman–Crippen LogP) is 8.33. The van der Waals surface area contributed by atoms with Crippen LogP contribution in [0, 0.1) is 0 Å². The first kappa shape index (κ1) is 30.6. The third kappa shape index (κ3) is 8.01. The fourth-order valence-electron chi connectivity index (χ4n) is 5.75. The van der Waals surface area contributed by atoms with E-state index in [0.29, 0.717) is 6.42 Å². The number of unbranched alkanes of at least 4 members (excludes halogenated alkanes) is 1. The van der Waals surface area contributed by atoms with Crippen LogP contribution in [0.25, 0.3) is 34.3 Å². The standard InChI is InChI=1S/C39H40N4OS/c44-36(42-29-27-41(28-30-42)26-15-18-32-16-5-1-6-17-32)25-13-14-31-45-39-40-37(33-19-7-2-8-20-33)38(34-21-9-3-10-22-34)43(39)35-23-11-4-12-24-35/h1-12,15-24H,13-14,25-31H2. The van der Waals surface area contributed by atoms with E-state index in [9.17, 15) is 4.79 Å². The summed E-state index contributed by atoms with van der Waals surface area (Å²) >= 11 is 1.77. The molecule has 0 N–H and O–H groups in total. The van der Waals surface area contributed by atoms with Crippen LogP contribution >= 0.6 is 11.8 Å². The van der Waals surface area contributed by atoms with Crippen LogP contribution in [-0.2, 0) is 4.79 Å². The van der Waals surface area contributed by atoms with Crippen LogP contribution in [0.15, 0.2) is 133 Å². The van der Waals surface area contributed by atoms with Gasteiger partial charge in [0.25, 0.3) is 0 Å². The Bertz CT molecular complexity index is 1660. The summed E-state index contributed by atoms with van der Waals surface area (Å²) in [7, 11) is 0. The summed E-state index contributed by atoms with van der Waals surface area (Å²) in [5.41, 5.74) is 6.64. The Labute approximate surface area is 271 Å². The van der Waals surface area contributed by atoms with E-state index < -0.39 is 0 Å². The van der Waals surface area contributed by atoms with Crippen LogP contribution in [0.4, 0.5) is 0 Å². The highest BCUT2D eigenvalue weighted by Gasteiger charge is 2.22. The second-order valence-electron chi connectivity index (χ2n) is 11.3. The molecule has 0 aliphatic carbocycles. The van der Waals surface area contributed by atoms with Crippen molar-refractivity contribution in [2.75, 3.05) is 38.5 Å². The fraction of sp³-hybridized carbons (Fsp3) is 0.231. The Kier molecular flexibility index (Phi) is 10.6. The molecule has 6 rings (SSSR count). The molecular formula is C39H40N4OS. The molecule has 1 aromatic heterocycles. The monoisotopic (exact) mass is 612 g/mol. The van der Waals surface area contributed by atoms with Gasteiger partial charge in [-0.1, -0.05) is 133 Å². The molecule has 228 valence electrons. The zero-order valence-electron chi connectivity index (χ0n) is 25.7. The molecule has 1 saturated heterocycles. The molecule has 0 saturated carbocycles. The highest BCUT2D eigenvalue weighted by molar-refractivity contribution is 7.99. The summed E-state index contributed by atoms with van der Waals surface area (Å²) in [5, 5.41) is 0.975. The van der Waals surface area contributed by atoms with E-state index in [4.69, 9.17) is 4.98 Å². The number of aromatic nitrogens is 2. The molecule has 5 aromatic rings.